The summed E-state index contributed by atoms with van der Waals surface area (Å²) >= 11 is 0. The van der Waals surface area contributed by atoms with E-state index in [0.717, 1.165) is 0 Å². The minimum Gasteiger partial charge on any atom is -0.394 e. The van der Waals surface area contributed by atoms with Crippen molar-refractivity contribution in [2.75, 3.05) is 66.0 Å². The summed E-state index contributed by atoms with van der Waals surface area (Å²) < 4.78 is 56.1. The number of hydrogen-bond donors (Lipinski definition) is 3. The molecule has 0 saturated heterocycles. The van der Waals surface area contributed by atoms with Crippen LogP contribution in [0.4, 0.5) is 13.2 Å². The molecule has 0 radical (unpaired) electrons. The average molecular weight is 377 g/mol. The van der Waals surface area contributed by atoms with Crippen molar-refractivity contribution in [1.29, 1.82) is 0 Å². The summed E-state index contributed by atoms with van der Waals surface area (Å²) in [4.78, 5) is 10.5. The summed E-state index contributed by atoms with van der Waals surface area (Å²) in [6, 6.07) is 0. The molecule has 0 aliphatic heterocycles. The van der Waals surface area contributed by atoms with Crippen LogP contribution in [-0.4, -0.2) is 94.4 Å². The molecule has 0 aromatic carbocycles. The highest BCUT2D eigenvalue weighted by molar-refractivity contribution is 5.81. The number of alkyl halides is 3. The summed E-state index contributed by atoms with van der Waals surface area (Å²) in [5.74, 6) is -1.95. The number of aliphatic hydroxyl groups excluding tert-OH is 2. The van der Waals surface area contributed by atoms with E-state index in [1.807, 2.05) is 0 Å². The molecule has 0 unspecified atom stereocenters. The molecule has 0 spiro atoms. The van der Waals surface area contributed by atoms with Crippen molar-refractivity contribution in [3.05, 3.63) is 0 Å². The molecule has 0 bridgehead atoms. The van der Waals surface area contributed by atoms with Gasteiger partial charge in [-0.1, -0.05) is 0 Å². The van der Waals surface area contributed by atoms with Crippen molar-refractivity contribution >= 4 is 5.91 Å². The molecular formula is C14H26F3NO7. The Morgan fingerprint density at radius 3 is 1.88 bits per heavy atom. The van der Waals surface area contributed by atoms with Crippen molar-refractivity contribution in [2.45, 2.75) is 18.7 Å². The maximum Gasteiger partial charge on any atom is 0.471 e. The summed E-state index contributed by atoms with van der Waals surface area (Å²) in [6.45, 7) is 1.76. The van der Waals surface area contributed by atoms with E-state index >= 15 is 0 Å². The fraction of sp³-hybridized carbons (Fsp3) is 0.929. The number of halogens is 3. The van der Waals surface area contributed by atoms with E-state index in [1.165, 1.54) is 0 Å². The summed E-state index contributed by atoms with van der Waals surface area (Å²) in [6.07, 6.45) is -5.47. The van der Waals surface area contributed by atoms with Gasteiger partial charge < -0.3 is 34.5 Å². The van der Waals surface area contributed by atoms with Gasteiger partial charge in [-0.15, -0.1) is 0 Å². The minimum atomic E-state index is -4.86. The lowest BCUT2D eigenvalue weighted by molar-refractivity contribution is -0.173. The van der Waals surface area contributed by atoms with Gasteiger partial charge in [0.2, 0.25) is 0 Å². The third-order valence-corrected chi connectivity index (χ3v) is 2.65. The second-order valence-corrected chi connectivity index (χ2v) is 4.86. The average Bonchev–Trinajstić information content (AvgIpc) is 2.56. The van der Waals surface area contributed by atoms with Crippen molar-refractivity contribution in [2.24, 2.45) is 0 Å². The molecule has 0 rings (SSSR count). The second-order valence-electron chi connectivity index (χ2n) is 4.86. The summed E-state index contributed by atoms with van der Waals surface area (Å²) in [5, 5.41) is 19.3. The van der Waals surface area contributed by atoms with Gasteiger partial charge in [0.25, 0.3) is 0 Å². The molecule has 25 heavy (non-hydrogen) atoms. The Morgan fingerprint density at radius 2 is 1.40 bits per heavy atom. The molecule has 0 saturated carbocycles. The maximum atomic E-state index is 11.9. The highest BCUT2D eigenvalue weighted by atomic mass is 19.4. The zero-order chi connectivity index (χ0) is 19.0. The van der Waals surface area contributed by atoms with Crippen LogP contribution in [0.25, 0.3) is 0 Å². The largest absolute Gasteiger partial charge is 0.471 e. The Bertz CT molecular complexity index is 332. The monoisotopic (exact) mass is 377 g/mol. The molecule has 1 atom stereocenters. The SMILES string of the molecule is O=C(NCCCOCCOCCOCCOC[C@H](O)CO)C(F)(F)F. The van der Waals surface area contributed by atoms with Crippen LogP contribution >= 0.6 is 0 Å². The first kappa shape index (κ1) is 24.0. The zero-order valence-electron chi connectivity index (χ0n) is 13.9. The van der Waals surface area contributed by atoms with Crippen LogP contribution in [0, 0.1) is 0 Å². The van der Waals surface area contributed by atoms with Crippen LogP contribution in [0.15, 0.2) is 0 Å². The third-order valence-electron chi connectivity index (χ3n) is 2.65. The van der Waals surface area contributed by atoms with Crippen molar-refractivity contribution in [3.63, 3.8) is 0 Å². The number of aliphatic hydroxyl groups is 2. The topological polar surface area (TPSA) is 106 Å². The van der Waals surface area contributed by atoms with Gasteiger partial charge in [-0.05, 0) is 6.42 Å². The van der Waals surface area contributed by atoms with Gasteiger partial charge in [-0.2, -0.15) is 13.2 Å². The molecule has 0 fully saturated rings. The van der Waals surface area contributed by atoms with Gasteiger partial charge in [-0.3, -0.25) is 4.79 Å². The fourth-order valence-electron chi connectivity index (χ4n) is 1.41. The number of carbonyl (C=O) groups excluding carboxylic acids is 1. The van der Waals surface area contributed by atoms with Gasteiger partial charge in [0.1, 0.15) is 6.10 Å². The number of nitrogens with one attached hydrogen (secondary N) is 1. The zero-order valence-corrected chi connectivity index (χ0v) is 13.9. The molecule has 0 heterocycles. The number of hydrogen-bond acceptors (Lipinski definition) is 7. The molecule has 1 amide bonds. The normalized spacial score (nSPS) is 13.0. The molecule has 0 aromatic rings. The Labute approximate surface area is 144 Å². The lowest BCUT2D eigenvalue weighted by Crippen LogP contribution is -2.37. The van der Waals surface area contributed by atoms with Gasteiger partial charge in [0, 0.05) is 13.2 Å². The van der Waals surface area contributed by atoms with E-state index in [-0.39, 0.29) is 39.4 Å². The van der Waals surface area contributed by atoms with Crippen LogP contribution in [0.5, 0.6) is 0 Å². The van der Waals surface area contributed by atoms with E-state index in [4.69, 9.17) is 29.2 Å². The fourth-order valence-corrected chi connectivity index (χ4v) is 1.41. The third kappa shape index (κ3) is 16.2. The van der Waals surface area contributed by atoms with Crippen LogP contribution in [0.2, 0.25) is 0 Å². The number of ether oxygens (including phenoxy) is 4. The standard InChI is InChI=1S/C14H26F3NO7/c15-14(16,17)13(21)18-2-1-3-22-4-5-23-6-7-24-8-9-25-11-12(20)10-19/h12,19-20H,1-11H2,(H,18,21)/t12-/m1/s1. The van der Waals surface area contributed by atoms with Crippen LogP contribution in [-0.2, 0) is 23.7 Å². The van der Waals surface area contributed by atoms with Gasteiger partial charge in [0.15, 0.2) is 0 Å². The van der Waals surface area contributed by atoms with Crippen LogP contribution in [0.1, 0.15) is 6.42 Å². The smallest absolute Gasteiger partial charge is 0.394 e. The predicted octanol–water partition coefficient (Wildman–Crippen LogP) is -0.525. The number of rotatable bonds is 16. The molecule has 150 valence electrons. The van der Waals surface area contributed by atoms with Crippen LogP contribution < -0.4 is 5.32 Å². The van der Waals surface area contributed by atoms with E-state index in [2.05, 4.69) is 0 Å². The van der Waals surface area contributed by atoms with E-state index in [9.17, 15) is 18.0 Å². The van der Waals surface area contributed by atoms with E-state index < -0.39 is 18.2 Å². The van der Waals surface area contributed by atoms with Crippen molar-refractivity contribution < 1.29 is 47.1 Å². The molecule has 0 aliphatic rings. The van der Waals surface area contributed by atoms with Gasteiger partial charge >= 0.3 is 12.1 Å². The van der Waals surface area contributed by atoms with E-state index in [0.29, 0.717) is 33.0 Å². The van der Waals surface area contributed by atoms with Gasteiger partial charge in [-0.25, -0.2) is 0 Å². The highest BCUT2D eigenvalue weighted by Crippen LogP contribution is 2.13. The van der Waals surface area contributed by atoms with Crippen molar-refractivity contribution in [1.82, 2.24) is 5.32 Å². The molecule has 8 nitrogen and oxygen atoms in total. The molecule has 3 N–H and O–H groups in total. The first-order chi connectivity index (χ1) is 11.9. The number of carbonyl (C=O) groups is 1. The Morgan fingerprint density at radius 1 is 0.920 bits per heavy atom. The summed E-state index contributed by atoms with van der Waals surface area (Å²) in [5.41, 5.74) is 0. The van der Waals surface area contributed by atoms with Crippen LogP contribution in [0.3, 0.4) is 0 Å². The van der Waals surface area contributed by atoms with Gasteiger partial charge in [0.05, 0.1) is 52.9 Å². The molecule has 11 heteroatoms. The Hall–Kier alpha value is -0.980. The van der Waals surface area contributed by atoms with E-state index in [1.54, 1.807) is 5.32 Å². The maximum absolute atomic E-state index is 11.9. The lowest BCUT2D eigenvalue weighted by atomic mass is 10.4. The first-order valence-electron chi connectivity index (χ1n) is 7.82. The lowest BCUT2D eigenvalue weighted by Gasteiger charge is -2.09. The number of amides is 1. The Kier molecular flexibility index (Phi) is 14.7. The summed E-state index contributed by atoms with van der Waals surface area (Å²) in [7, 11) is 0. The minimum absolute atomic E-state index is 0.0492. The molecule has 0 aliphatic carbocycles. The first-order valence-corrected chi connectivity index (χ1v) is 7.82. The Balaban J connectivity index is 3.16. The predicted molar refractivity (Wildman–Crippen MR) is 80.1 cm³/mol. The molecule has 0 aromatic heterocycles. The highest BCUT2D eigenvalue weighted by Gasteiger charge is 2.38. The molecular weight excluding hydrogens is 351 g/mol. The van der Waals surface area contributed by atoms with Crippen molar-refractivity contribution in [3.8, 4) is 0 Å². The quantitative estimate of drug-likeness (QED) is 0.311. The second kappa shape index (κ2) is 15.3.